The molecule has 0 aromatic carbocycles. The molecular weight excluding hydrogens is 156 g/mol. The largest absolute Gasteiger partial charge is 0.0649 e. The molecule has 0 N–H and O–H groups in total. The second-order valence-corrected chi connectivity index (χ2v) is 5.86. The zero-order valence-corrected chi connectivity index (χ0v) is 10.7. The maximum absolute atomic E-state index is 2.44. The Labute approximate surface area is 85.1 Å². The Morgan fingerprint density at radius 1 is 0.923 bits per heavy atom. The minimum atomic E-state index is 0.509. The summed E-state index contributed by atoms with van der Waals surface area (Å²) in [6, 6.07) is 0. The molecule has 0 heteroatoms. The molecule has 1 atom stereocenters. The minimum Gasteiger partial charge on any atom is -0.0649 e. The molecule has 0 amide bonds. The van der Waals surface area contributed by atoms with Crippen LogP contribution in [0.15, 0.2) is 0 Å². The van der Waals surface area contributed by atoms with Crippen LogP contribution in [0.2, 0.25) is 0 Å². The molecule has 0 saturated heterocycles. The van der Waals surface area contributed by atoms with Gasteiger partial charge in [-0.05, 0) is 23.2 Å². The van der Waals surface area contributed by atoms with Gasteiger partial charge in [-0.1, -0.05) is 61.3 Å². The van der Waals surface area contributed by atoms with Crippen molar-refractivity contribution in [2.24, 2.45) is 16.7 Å². The lowest BCUT2D eigenvalue weighted by Crippen LogP contribution is -2.29. The quantitative estimate of drug-likeness (QED) is 0.571. The molecule has 0 fully saturated rings. The molecule has 0 aromatic rings. The molecule has 0 nitrogen and oxygen atoms in total. The number of hydrogen-bond donors (Lipinski definition) is 0. The molecule has 1 unspecified atom stereocenters. The minimum absolute atomic E-state index is 0.509. The second-order valence-electron chi connectivity index (χ2n) is 5.86. The fourth-order valence-electron chi connectivity index (χ4n) is 1.96. The van der Waals surface area contributed by atoms with Crippen molar-refractivity contribution in [1.82, 2.24) is 0 Å². The molecule has 0 aromatic heterocycles. The molecular formula is C13H28. The van der Waals surface area contributed by atoms with E-state index in [-0.39, 0.29) is 0 Å². The van der Waals surface area contributed by atoms with Crippen LogP contribution in [0.5, 0.6) is 0 Å². The van der Waals surface area contributed by atoms with Crippen molar-refractivity contribution < 1.29 is 0 Å². The predicted molar refractivity (Wildman–Crippen MR) is 61.9 cm³/mol. The van der Waals surface area contributed by atoms with Gasteiger partial charge < -0.3 is 0 Å². The van der Waals surface area contributed by atoms with Crippen LogP contribution in [0.25, 0.3) is 0 Å². The highest BCUT2D eigenvalue weighted by molar-refractivity contribution is 4.83. The summed E-state index contributed by atoms with van der Waals surface area (Å²) in [6.45, 7) is 16.6. The fourth-order valence-corrected chi connectivity index (χ4v) is 1.96. The zero-order chi connectivity index (χ0) is 10.7. The smallest absolute Gasteiger partial charge is 0.0300 e. The van der Waals surface area contributed by atoms with Gasteiger partial charge in [0.1, 0.15) is 0 Å². The third-order valence-corrected chi connectivity index (χ3v) is 4.04. The van der Waals surface area contributed by atoms with Crippen LogP contribution in [-0.2, 0) is 0 Å². The third-order valence-electron chi connectivity index (χ3n) is 4.04. The Morgan fingerprint density at radius 2 is 1.38 bits per heavy atom. The van der Waals surface area contributed by atoms with Gasteiger partial charge in [0.05, 0.1) is 0 Å². The highest BCUT2D eigenvalue weighted by atomic mass is 14.4. The molecule has 0 bridgehead atoms. The van der Waals surface area contributed by atoms with E-state index in [1.165, 1.54) is 19.3 Å². The van der Waals surface area contributed by atoms with Crippen LogP contribution in [0.1, 0.15) is 67.7 Å². The van der Waals surface area contributed by atoms with Crippen LogP contribution < -0.4 is 0 Å². The summed E-state index contributed by atoms with van der Waals surface area (Å²) < 4.78 is 0. The van der Waals surface area contributed by atoms with E-state index in [2.05, 4.69) is 48.5 Å². The molecule has 0 aliphatic carbocycles. The zero-order valence-electron chi connectivity index (χ0n) is 10.7. The first-order valence-corrected chi connectivity index (χ1v) is 5.77. The summed E-state index contributed by atoms with van der Waals surface area (Å²) in [7, 11) is 0. The summed E-state index contributed by atoms with van der Waals surface area (Å²) in [5, 5.41) is 0. The van der Waals surface area contributed by atoms with Gasteiger partial charge in [-0.15, -0.1) is 0 Å². The van der Waals surface area contributed by atoms with E-state index >= 15 is 0 Å². The predicted octanol–water partition coefficient (Wildman–Crippen LogP) is 4.89. The van der Waals surface area contributed by atoms with Gasteiger partial charge in [0.15, 0.2) is 0 Å². The lowest BCUT2D eigenvalue weighted by atomic mass is 9.66. The summed E-state index contributed by atoms with van der Waals surface area (Å²) in [5.74, 6) is 0.795. The van der Waals surface area contributed by atoms with Crippen molar-refractivity contribution in [3.05, 3.63) is 0 Å². The summed E-state index contributed by atoms with van der Waals surface area (Å²) in [6.07, 6.45) is 3.94. The van der Waals surface area contributed by atoms with Crippen molar-refractivity contribution in [3.8, 4) is 0 Å². The van der Waals surface area contributed by atoms with E-state index in [4.69, 9.17) is 0 Å². The maximum Gasteiger partial charge on any atom is -0.0300 e. The average Bonchev–Trinajstić information content (AvgIpc) is 2.03. The van der Waals surface area contributed by atoms with E-state index < -0.39 is 0 Å². The Balaban J connectivity index is 4.44. The van der Waals surface area contributed by atoms with Crippen molar-refractivity contribution in [2.45, 2.75) is 67.7 Å². The van der Waals surface area contributed by atoms with E-state index in [1.54, 1.807) is 0 Å². The molecule has 0 rings (SSSR count). The van der Waals surface area contributed by atoms with E-state index in [1.807, 2.05) is 0 Å². The van der Waals surface area contributed by atoms with Crippen molar-refractivity contribution >= 4 is 0 Å². The highest BCUT2D eigenvalue weighted by Crippen LogP contribution is 2.43. The Morgan fingerprint density at radius 3 is 1.62 bits per heavy atom. The van der Waals surface area contributed by atoms with Gasteiger partial charge in [-0.25, -0.2) is 0 Å². The average molecular weight is 184 g/mol. The first-order valence-electron chi connectivity index (χ1n) is 5.77. The third kappa shape index (κ3) is 3.70. The first kappa shape index (κ1) is 13.0. The second kappa shape index (κ2) is 4.48. The van der Waals surface area contributed by atoms with E-state index in [0.717, 1.165) is 5.92 Å². The van der Waals surface area contributed by atoms with Gasteiger partial charge >= 0.3 is 0 Å². The lowest BCUT2D eigenvalue weighted by molar-refractivity contribution is 0.111. The van der Waals surface area contributed by atoms with Crippen LogP contribution in [0.4, 0.5) is 0 Å². The van der Waals surface area contributed by atoms with E-state index in [9.17, 15) is 0 Å². The summed E-state index contributed by atoms with van der Waals surface area (Å²) in [5.41, 5.74) is 1.04. The SMILES string of the molecule is CCC(C)(C)CC(C)(CC)C(C)C. The summed E-state index contributed by atoms with van der Waals surface area (Å²) in [4.78, 5) is 0. The molecule has 80 valence electrons. The van der Waals surface area contributed by atoms with Crippen LogP contribution >= 0.6 is 0 Å². The molecule has 0 spiro atoms. The van der Waals surface area contributed by atoms with Crippen molar-refractivity contribution in [2.75, 3.05) is 0 Å². The van der Waals surface area contributed by atoms with Gasteiger partial charge in [-0.2, -0.15) is 0 Å². The molecule has 13 heavy (non-hydrogen) atoms. The number of hydrogen-bond acceptors (Lipinski definition) is 0. The Hall–Kier alpha value is 0. The van der Waals surface area contributed by atoms with Gasteiger partial charge in [0, 0.05) is 0 Å². The summed E-state index contributed by atoms with van der Waals surface area (Å²) >= 11 is 0. The van der Waals surface area contributed by atoms with Crippen LogP contribution in [-0.4, -0.2) is 0 Å². The highest BCUT2D eigenvalue weighted by Gasteiger charge is 2.32. The lowest BCUT2D eigenvalue weighted by Gasteiger charge is -2.39. The standard InChI is InChI=1S/C13H28/c1-8-12(5,6)10-13(7,9-2)11(3)4/h11H,8-10H2,1-7H3. The van der Waals surface area contributed by atoms with Gasteiger partial charge in [0.25, 0.3) is 0 Å². The van der Waals surface area contributed by atoms with Gasteiger partial charge in [0.2, 0.25) is 0 Å². The molecule has 0 aliphatic heterocycles. The maximum atomic E-state index is 2.44. The Bertz CT molecular complexity index is 144. The van der Waals surface area contributed by atoms with Crippen molar-refractivity contribution in [3.63, 3.8) is 0 Å². The molecule has 0 saturated carbocycles. The normalized spacial score (nSPS) is 17.5. The molecule has 0 aliphatic rings. The first-order chi connectivity index (χ1) is 5.77. The van der Waals surface area contributed by atoms with Crippen LogP contribution in [0, 0.1) is 16.7 Å². The van der Waals surface area contributed by atoms with Crippen LogP contribution in [0.3, 0.4) is 0 Å². The molecule has 0 heterocycles. The topological polar surface area (TPSA) is 0 Å². The molecule has 0 radical (unpaired) electrons. The van der Waals surface area contributed by atoms with Crippen molar-refractivity contribution in [1.29, 1.82) is 0 Å². The number of rotatable bonds is 5. The Kier molecular flexibility index (Phi) is 4.48. The monoisotopic (exact) mass is 184 g/mol. The van der Waals surface area contributed by atoms with Gasteiger partial charge in [-0.3, -0.25) is 0 Å². The fraction of sp³-hybridized carbons (Fsp3) is 1.00. The van der Waals surface area contributed by atoms with E-state index in [0.29, 0.717) is 10.8 Å².